The lowest BCUT2D eigenvalue weighted by atomic mass is 10.0. The average molecular weight is 424 g/mol. The second-order valence-corrected chi connectivity index (χ2v) is 7.33. The predicted octanol–water partition coefficient (Wildman–Crippen LogP) is 6.01. The van der Waals surface area contributed by atoms with Crippen LogP contribution >= 0.6 is 11.6 Å². The van der Waals surface area contributed by atoms with E-state index in [1.165, 1.54) is 23.9 Å². The molecule has 0 saturated heterocycles. The summed E-state index contributed by atoms with van der Waals surface area (Å²) in [6.45, 7) is 3.15. The molecule has 154 valence electrons. The highest BCUT2D eigenvalue weighted by molar-refractivity contribution is 6.34. The highest BCUT2D eigenvalue weighted by atomic mass is 35.5. The van der Waals surface area contributed by atoms with Crippen LogP contribution in [0.3, 0.4) is 0 Å². The third kappa shape index (κ3) is 4.96. The molecule has 3 rings (SSSR count). The summed E-state index contributed by atoms with van der Waals surface area (Å²) >= 11 is 6.04. The van der Waals surface area contributed by atoms with E-state index in [0.717, 1.165) is 24.1 Å². The normalized spacial score (nSPS) is 10.5. The van der Waals surface area contributed by atoms with E-state index in [-0.39, 0.29) is 16.3 Å². The molecule has 1 amide bonds. The summed E-state index contributed by atoms with van der Waals surface area (Å²) in [6, 6.07) is 19.5. The van der Waals surface area contributed by atoms with Crippen molar-refractivity contribution in [2.45, 2.75) is 13.3 Å². The van der Waals surface area contributed by atoms with E-state index in [2.05, 4.69) is 48.5 Å². The molecule has 3 aromatic carbocycles. The summed E-state index contributed by atoms with van der Waals surface area (Å²) in [6.07, 6.45) is 1.09. The van der Waals surface area contributed by atoms with Gasteiger partial charge in [-0.1, -0.05) is 42.8 Å². The van der Waals surface area contributed by atoms with Crippen LogP contribution in [0.1, 0.15) is 23.7 Å². The second kappa shape index (κ2) is 9.41. The van der Waals surface area contributed by atoms with Gasteiger partial charge in [0.15, 0.2) is 0 Å². The molecule has 30 heavy (non-hydrogen) atoms. The zero-order chi connectivity index (χ0) is 21.7. The van der Waals surface area contributed by atoms with E-state index in [4.69, 9.17) is 11.6 Å². The van der Waals surface area contributed by atoms with Gasteiger partial charge in [0.2, 0.25) is 0 Å². The van der Waals surface area contributed by atoms with Crippen molar-refractivity contribution in [3.8, 4) is 11.1 Å². The molecule has 0 spiro atoms. The number of amides is 1. The van der Waals surface area contributed by atoms with Gasteiger partial charge < -0.3 is 10.2 Å². The van der Waals surface area contributed by atoms with Gasteiger partial charge >= 0.3 is 0 Å². The first-order valence-corrected chi connectivity index (χ1v) is 9.93. The number of carbonyl (C=O) groups is 1. The average Bonchev–Trinajstić information content (AvgIpc) is 2.74. The molecule has 0 saturated carbocycles. The number of benzene rings is 3. The summed E-state index contributed by atoms with van der Waals surface area (Å²) in [5.41, 5.74) is 3.70. The Bertz CT molecular complexity index is 1050. The Morgan fingerprint density at radius 3 is 2.20 bits per heavy atom. The van der Waals surface area contributed by atoms with Crippen LogP contribution in [-0.2, 0) is 0 Å². The SMILES string of the molecule is CCCN(C)c1ccc(-c2ccc(NC(=O)c3cc([N+](=O)[O-])ccc3Cl)cc2)cc1. The van der Waals surface area contributed by atoms with Crippen LogP contribution in [0.2, 0.25) is 5.02 Å². The van der Waals surface area contributed by atoms with Gasteiger partial charge in [0.05, 0.1) is 15.5 Å². The fraction of sp³-hybridized carbons (Fsp3) is 0.174. The molecule has 0 atom stereocenters. The van der Waals surface area contributed by atoms with Crippen LogP contribution in [0.25, 0.3) is 11.1 Å². The van der Waals surface area contributed by atoms with Gasteiger partial charge in [0, 0.05) is 37.1 Å². The van der Waals surface area contributed by atoms with Crippen molar-refractivity contribution >= 4 is 34.6 Å². The number of halogens is 1. The molecule has 0 aliphatic heterocycles. The maximum atomic E-state index is 12.5. The molecule has 0 radical (unpaired) electrons. The Balaban J connectivity index is 1.72. The number of rotatable bonds is 7. The van der Waals surface area contributed by atoms with Gasteiger partial charge in [-0.3, -0.25) is 14.9 Å². The van der Waals surface area contributed by atoms with Gasteiger partial charge in [0.25, 0.3) is 11.6 Å². The summed E-state index contributed by atoms with van der Waals surface area (Å²) in [5.74, 6) is -0.500. The molecule has 6 nitrogen and oxygen atoms in total. The van der Waals surface area contributed by atoms with Crippen molar-refractivity contribution in [2.24, 2.45) is 0 Å². The molecule has 0 aliphatic rings. The van der Waals surface area contributed by atoms with Crippen molar-refractivity contribution in [3.05, 3.63) is 87.4 Å². The van der Waals surface area contributed by atoms with E-state index in [9.17, 15) is 14.9 Å². The standard InChI is InChI=1S/C23H22ClN3O3/c1-3-14-26(2)19-10-6-17(7-11-19)16-4-8-18(9-5-16)25-23(28)21-15-20(27(29)30)12-13-22(21)24/h4-13,15H,3,14H2,1-2H3,(H,25,28). The molecule has 1 N–H and O–H groups in total. The molecule has 3 aromatic rings. The van der Waals surface area contributed by atoms with Crippen molar-refractivity contribution < 1.29 is 9.72 Å². The number of hydrogen-bond acceptors (Lipinski definition) is 4. The van der Waals surface area contributed by atoms with Gasteiger partial charge in [-0.25, -0.2) is 0 Å². The third-order valence-electron chi connectivity index (χ3n) is 4.75. The molecule has 0 heterocycles. The van der Waals surface area contributed by atoms with Crippen LogP contribution < -0.4 is 10.2 Å². The summed E-state index contributed by atoms with van der Waals surface area (Å²) < 4.78 is 0. The minimum atomic E-state index is -0.562. The number of nitrogens with zero attached hydrogens (tertiary/aromatic N) is 2. The van der Waals surface area contributed by atoms with E-state index in [1.54, 1.807) is 12.1 Å². The van der Waals surface area contributed by atoms with Crippen molar-refractivity contribution in [2.75, 3.05) is 23.8 Å². The Kier molecular flexibility index (Phi) is 6.69. The quantitative estimate of drug-likeness (QED) is 0.372. The summed E-state index contributed by atoms with van der Waals surface area (Å²) in [4.78, 5) is 25.1. The van der Waals surface area contributed by atoms with Crippen molar-refractivity contribution in [1.82, 2.24) is 0 Å². The van der Waals surface area contributed by atoms with Crippen LogP contribution in [0.15, 0.2) is 66.7 Å². The number of nitrogens with one attached hydrogen (secondary N) is 1. The molecule has 0 fully saturated rings. The number of nitro benzene ring substituents is 1. The highest BCUT2D eigenvalue weighted by Crippen LogP contribution is 2.26. The number of anilines is 2. The Morgan fingerprint density at radius 2 is 1.63 bits per heavy atom. The number of non-ortho nitro benzene ring substituents is 1. The Hall–Kier alpha value is -3.38. The molecular formula is C23H22ClN3O3. The first-order chi connectivity index (χ1) is 14.4. The van der Waals surface area contributed by atoms with Gasteiger partial charge in [-0.2, -0.15) is 0 Å². The summed E-state index contributed by atoms with van der Waals surface area (Å²) in [7, 11) is 2.07. The minimum Gasteiger partial charge on any atom is -0.375 e. The number of carbonyl (C=O) groups excluding carboxylic acids is 1. The Morgan fingerprint density at radius 1 is 1.03 bits per heavy atom. The van der Waals surface area contributed by atoms with E-state index in [1.807, 2.05) is 12.1 Å². The topological polar surface area (TPSA) is 75.5 Å². The lowest BCUT2D eigenvalue weighted by Crippen LogP contribution is -2.17. The van der Waals surface area contributed by atoms with Crippen LogP contribution in [0.4, 0.5) is 17.1 Å². The van der Waals surface area contributed by atoms with Crippen LogP contribution in [0.5, 0.6) is 0 Å². The molecule has 0 bridgehead atoms. The molecule has 0 unspecified atom stereocenters. The van der Waals surface area contributed by atoms with Gasteiger partial charge in [0.1, 0.15) is 0 Å². The molecular weight excluding hydrogens is 402 g/mol. The lowest BCUT2D eigenvalue weighted by molar-refractivity contribution is -0.384. The fourth-order valence-corrected chi connectivity index (χ4v) is 3.32. The maximum absolute atomic E-state index is 12.5. The zero-order valence-corrected chi connectivity index (χ0v) is 17.5. The van der Waals surface area contributed by atoms with Gasteiger partial charge in [-0.05, 0) is 47.9 Å². The number of nitro groups is 1. The monoisotopic (exact) mass is 423 g/mol. The molecule has 0 aliphatic carbocycles. The van der Waals surface area contributed by atoms with E-state index in [0.29, 0.717) is 5.69 Å². The van der Waals surface area contributed by atoms with Crippen molar-refractivity contribution in [3.63, 3.8) is 0 Å². The van der Waals surface area contributed by atoms with E-state index < -0.39 is 10.8 Å². The smallest absolute Gasteiger partial charge is 0.270 e. The first kappa shape index (κ1) is 21.3. The van der Waals surface area contributed by atoms with Crippen molar-refractivity contribution in [1.29, 1.82) is 0 Å². The first-order valence-electron chi connectivity index (χ1n) is 9.56. The van der Waals surface area contributed by atoms with Crippen LogP contribution in [0, 0.1) is 10.1 Å². The minimum absolute atomic E-state index is 0.0572. The Labute approximate surface area is 180 Å². The largest absolute Gasteiger partial charge is 0.375 e. The fourth-order valence-electron chi connectivity index (χ4n) is 3.12. The lowest BCUT2D eigenvalue weighted by Gasteiger charge is -2.18. The maximum Gasteiger partial charge on any atom is 0.270 e. The van der Waals surface area contributed by atoms with E-state index >= 15 is 0 Å². The highest BCUT2D eigenvalue weighted by Gasteiger charge is 2.16. The molecule has 0 aromatic heterocycles. The predicted molar refractivity (Wildman–Crippen MR) is 121 cm³/mol. The third-order valence-corrected chi connectivity index (χ3v) is 5.08. The van der Waals surface area contributed by atoms with Gasteiger partial charge in [-0.15, -0.1) is 0 Å². The second-order valence-electron chi connectivity index (χ2n) is 6.92. The number of hydrogen-bond donors (Lipinski definition) is 1. The zero-order valence-electron chi connectivity index (χ0n) is 16.8. The molecule has 7 heteroatoms. The van der Waals surface area contributed by atoms with Crippen LogP contribution in [-0.4, -0.2) is 24.4 Å². The summed E-state index contributed by atoms with van der Waals surface area (Å²) in [5, 5.41) is 13.8.